The second-order valence-corrected chi connectivity index (χ2v) is 9.97. The predicted octanol–water partition coefficient (Wildman–Crippen LogP) is -1.01. The summed E-state index contributed by atoms with van der Waals surface area (Å²) in [5.41, 5.74) is 10.7. The number of nitrogens with one attached hydrogen (secondary N) is 1. The summed E-state index contributed by atoms with van der Waals surface area (Å²) in [4.78, 5) is 0. The van der Waals surface area contributed by atoms with Gasteiger partial charge in [-0.15, -0.1) is 0 Å². The van der Waals surface area contributed by atoms with E-state index in [1.54, 1.807) is 0 Å². The Bertz CT molecular complexity index is 563. The van der Waals surface area contributed by atoms with Crippen LogP contribution in [-0.4, -0.2) is 59.6 Å². The van der Waals surface area contributed by atoms with E-state index in [1.165, 1.54) is 4.31 Å². The summed E-state index contributed by atoms with van der Waals surface area (Å²) in [6.45, 7) is 6.05. The van der Waals surface area contributed by atoms with Gasteiger partial charge in [0.2, 0.25) is 0 Å². The molecule has 1 aliphatic carbocycles. The molecule has 0 bridgehead atoms. The van der Waals surface area contributed by atoms with Crippen molar-refractivity contribution in [3.63, 3.8) is 0 Å². The standard InChI is InChI=1S/C14H31BN4O4S/c1-12(2,14(17)6-7-14)18-24(22,23)19-9-11(13(3,16)10-19)5-4-8-15(20)21/h11,18,20-21H,4-10,16-17H2,1-3H3/t11-,13-/m0/s1. The molecule has 2 fully saturated rings. The third-order valence-electron chi connectivity index (χ3n) is 5.65. The molecule has 0 amide bonds. The molecule has 0 spiro atoms. The Kier molecular flexibility index (Phi) is 5.44. The first kappa shape index (κ1) is 20.1. The Labute approximate surface area is 145 Å². The van der Waals surface area contributed by atoms with Gasteiger partial charge in [0.15, 0.2) is 0 Å². The number of hydrogen-bond donors (Lipinski definition) is 5. The Morgan fingerprint density at radius 2 is 1.92 bits per heavy atom. The van der Waals surface area contributed by atoms with Gasteiger partial charge in [0.25, 0.3) is 10.2 Å². The number of nitrogens with zero attached hydrogens (tertiary/aromatic N) is 1. The Morgan fingerprint density at radius 1 is 1.33 bits per heavy atom. The van der Waals surface area contributed by atoms with Gasteiger partial charge in [0, 0.05) is 29.7 Å². The molecule has 2 atom stereocenters. The molecule has 0 aromatic carbocycles. The average molecular weight is 362 g/mol. The second-order valence-electron chi connectivity index (χ2n) is 8.30. The molecule has 0 unspecified atom stereocenters. The maximum atomic E-state index is 12.8. The molecule has 24 heavy (non-hydrogen) atoms. The minimum Gasteiger partial charge on any atom is -0.427 e. The van der Waals surface area contributed by atoms with Gasteiger partial charge >= 0.3 is 7.12 Å². The van der Waals surface area contributed by atoms with Gasteiger partial charge in [-0.05, 0) is 52.3 Å². The van der Waals surface area contributed by atoms with Crippen molar-refractivity contribution < 1.29 is 18.5 Å². The van der Waals surface area contributed by atoms with Crippen molar-refractivity contribution in [1.29, 1.82) is 0 Å². The zero-order chi connectivity index (χ0) is 18.4. The molecular formula is C14H31BN4O4S. The third-order valence-corrected chi connectivity index (χ3v) is 7.37. The first-order valence-corrected chi connectivity index (χ1v) is 9.96. The maximum absolute atomic E-state index is 12.8. The molecule has 8 nitrogen and oxygen atoms in total. The van der Waals surface area contributed by atoms with E-state index in [-0.39, 0.29) is 18.8 Å². The lowest BCUT2D eigenvalue weighted by molar-refractivity contribution is 0.335. The third kappa shape index (κ3) is 4.30. The molecule has 0 radical (unpaired) electrons. The SMILES string of the molecule is CC(C)(NS(=O)(=O)N1C[C@H](CCCB(O)O)[C@@](C)(N)C1)C1(N)CC1. The lowest BCUT2D eigenvalue weighted by atomic mass is 9.79. The van der Waals surface area contributed by atoms with E-state index >= 15 is 0 Å². The fourth-order valence-electron chi connectivity index (χ4n) is 3.43. The number of nitrogens with two attached hydrogens (primary N) is 2. The van der Waals surface area contributed by atoms with Crippen LogP contribution in [0.5, 0.6) is 0 Å². The van der Waals surface area contributed by atoms with Crippen LogP contribution < -0.4 is 16.2 Å². The number of hydrogen-bond acceptors (Lipinski definition) is 6. The van der Waals surface area contributed by atoms with Gasteiger partial charge in [-0.1, -0.05) is 6.42 Å². The molecule has 10 heteroatoms. The Hall–Kier alpha value is -0.225. The quantitative estimate of drug-likeness (QED) is 0.350. The molecule has 140 valence electrons. The van der Waals surface area contributed by atoms with Gasteiger partial charge in [-0.3, -0.25) is 0 Å². The van der Waals surface area contributed by atoms with Crippen molar-refractivity contribution in [1.82, 2.24) is 9.03 Å². The van der Waals surface area contributed by atoms with Gasteiger partial charge in [-0.25, -0.2) is 0 Å². The lowest BCUT2D eigenvalue weighted by Crippen LogP contribution is -2.60. The molecule has 0 aromatic heterocycles. The van der Waals surface area contributed by atoms with Crippen LogP contribution >= 0.6 is 0 Å². The van der Waals surface area contributed by atoms with Crippen molar-refractivity contribution in [2.45, 2.75) is 69.4 Å². The summed E-state index contributed by atoms with van der Waals surface area (Å²) < 4.78 is 29.7. The predicted molar refractivity (Wildman–Crippen MR) is 94.2 cm³/mol. The summed E-state index contributed by atoms with van der Waals surface area (Å²) in [7, 11) is -5.02. The van der Waals surface area contributed by atoms with Crippen LogP contribution in [0.3, 0.4) is 0 Å². The molecular weight excluding hydrogens is 331 g/mol. The lowest BCUT2D eigenvalue weighted by Gasteiger charge is -2.34. The largest absolute Gasteiger partial charge is 0.451 e. The summed E-state index contributed by atoms with van der Waals surface area (Å²) in [5, 5.41) is 17.9. The van der Waals surface area contributed by atoms with Crippen LogP contribution in [0.25, 0.3) is 0 Å². The van der Waals surface area contributed by atoms with Crippen molar-refractivity contribution in [2.75, 3.05) is 13.1 Å². The fourth-order valence-corrected chi connectivity index (χ4v) is 5.23. The average Bonchev–Trinajstić information content (AvgIpc) is 3.07. The van der Waals surface area contributed by atoms with Crippen molar-refractivity contribution in [2.24, 2.45) is 17.4 Å². The van der Waals surface area contributed by atoms with E-state index in [9.17, 15) is 8.42 Å². The molecule has 1 saturated heterocycles. The zero-order valence-corrected chi connectivity index (χ0v) is 15.6. The van der Waals surface area contributed by atoms with E-state index < -0.39 is 33.9 Å². The highest BCUT2D eigenvalue weighted by Gasteiger charge is 2.54. The van der Waals surface area contributed by atoms with E-state index in [2.05, 4.69) is 4.72 Å². The van der Waals surface area contributed by atoms with Crippen LogP contribution in [0.1, 0.15) is 46.5 Å². The van der Waals surface area contributed by atoms with Crippen LogP contribution in [0, 0.1) is 5.92 Å². The highest BCUT2D eigenvalue weighted by atomic mass is 32.2. The minimum absolute atomic E-state index is 0.0244. The van der Waals surface area contributed by atoms with Crippen LogP contribution in [0.15, 0.2) is 0 Å². The first-order valence-electron chi connectivity index (χ1n) is 8.52. The second kappa shape index (κ2) is 6.50. The van der Waals surface area contributed by atoms with Crippen LogP contribution in [-0.2, 0) is 10.2 Å². The molecule has 1 heterocycles. The molecule has 7 N–H and O–H groups in total. The van der Waals surface area contributed by atoms with E-state index in [0.29, 0.717) is 19.4 Å². The summed E-state index contributed by atoms with van der Waals surface area (Å²) in [6, 6.07) is 0. The Balaban J connectivity index is 2.01. The summed E-state index contributed by atoms with van der Waals surface area (Å²) in [5.74, 6) is -0.0244. The van der Waals surface area contributed by atoms with Gasteiger partial charge < -0.3 is 21.5 Å². The summed E-state index contributed by atoms with van der Waals surface area (Å²) >= 11 is 0. The zero-order valence-electron chi connectivity index (χ0n) is 14.8. The highest BCUT2D eigenvalue weighted by Crippen LogP contribution is 2.42. The van der Waals surface area contributed by atoms with Crippen LogP contribution in [0.4, 0.5) is 0 Å². The van der Waals surface area contributed by atoms with Gasteiger partial charge in [0.1, 0.15) is 0 Å². The van der Waals surface area contributed by atoms with E-state index in [1.807, 2.05) is 20.8 Å². The molecule has 2 rings (SSSR count). The minimum atomic E-state index is -3.68. The monoisotopic (exact) mass is 362 g/mol. The van der Waals surface area contributed by atoms with Crippen LogP contribution in [0.2, 0.25) is 6.32 Å². The van der Waals surface area contributed by atoms with Crippen molar-refractivity contribution in [3.05, 3.63) is 0 Å². The normalized spacial score (nSPS) is 30.5. The summed E-state index contributed by atoms with van der Waals surface area (Å²) in [6.07, 6.45) is 3.13. The molecule has 2 aliphatic rings. The van der Waals surface area contributed by atoms with Gasteiger partial charge in [-0.2, -0.15) is 17.4 Å². The Morgan fingerprint density at radius 3 is 2.42 bits per heavy atom. The van der Waals surface area contributed by atoms with Crippen molar-refractivity contribution >= 4 is 17.3 Å². The maximum Gasteiger partial charge on any atom is 0.451 e. The first-order chi connectivity index (χ1) is 10.8. The molecule has 1 saturated carbocycles. The van der Waals surface area contributed by atoms with E-state index in [0.717, 1.165) is 12.8 Å². The fraction of sp³-hybridized carbons (Fsp3) is 1.00. The number of rotatable bonds is 8. The van der Waals surface area contributed by atoms with E-state index in [4.69, 9.17) is 21.5 Å². The van der Waals surface area contributed by atoms with Gasteiger partial charge in [0.05, 0.1) is 0 Å². The smallest absolute Gasteiger partial charge is 0.427 e. The highest BCUT2D eigenvalue weighted by molar-refractivity contribution is 7.87. The topological polar surface area (TPSA) is 142 Å². The molecule has 1 aliphatic heterocycles. The van der Waals surface area contributed by atoms with Crippen molar-refractivity contribution in [3.8, 4) is 0 Å². The molecule has 0 aromatic rings.